The molecule has 1 fully saturated rings. The Morgan fingerprint density at radius 2 is 2.06 bits per heavy atom. The Balaban J connectivity index is 1.89. The average Bonchev–Trinajstić information content (AvgIpc) is 3.12. The summed E-state index contributed by atoms with van der Waals surface area (Å²) in [7, 11) is 2.22. The van der Waals surface area contributed by atoms with Crippen LogP contribution in [0.1, 0.15) is 16.7 Å². The third-order valence-corrected chi connectivity index (χ3v) is 7.77. The van der Waals surface area contributed by atoms with Crippen molar-refractivity contribution in [1.29, 1.82) is 0 Å². The van der Waals surface area contributed by atoms with Crippen molar-refractivity contribution in [2.45, 2.75) is 17.5 Å². The van der Waals surface area contributed by atoms with Gasteiger partial charge in [0.25, 0.3) is 0 Å². The first kappa shape index (κ1) is 11.1. The predicted octanol–water partition coefficient (Wildman–Crippen LogP) is 3.97. The van der Waals surface area contributed by atoms with E-state index >= 15 is 0 Å². The van der Waals surface area contributed by atoms with E-state index in [4.69, 9.17) is 0 Å². The van der Waals surface area contributed by atoms with Crippen LogP contribution in [0.15, 0.2) is 30.3 Å². The van der Waals surface area contributed by atoms with Gasteiger partial charge in [-0.25, -0.2) is 0 Å². The monoisotopic (exact) mass is 350 g/mol. The van der Waals surface area contributed by atoms with Crippen LogP contribution in [0.5, 0.6) is 0 Å². The zero-order chi connectivity index (χ0) is 12.1. The average molecular weight is 350 g/mol. The first-order valence-electron chi connectivity index (χ1n) is 6.45. The molecule has 0 unspecified atom stereocenters. The zero-order valence-corrected chi connectivity index (χ0v) is 12.8. The number of rotatable bonds is 2. The fourth-order valence-corrected chi connectivity index (χ4v) is 7.00. The first-order chi connectivity index (χ1) is 8.79. The van der Waals surface area contributed by atoms with Gasteiger partial charge in [-0.15, -0.1) is 0 Å². The van der Waals surface area contributed by atoms with Crippen LogP contribution in [0.25, 0.3) is 10.8 Å². The molecule has 0 saturated carbocycles. The van der Waals surface area contributed by atoms with Gasteiger partial charge in [0.1, 0.15) is 0 Å². The van der Waals surface area contributed by atoms with E-state index in [1.807, 2.05) is 0 Å². The van der Waals surface area contributed by atoms with E-state index in [1.165, 1.54) is 25.2 Å². The van der Waals surface area contributed by atoms with Gasteiger partial charge in [0.05, 0.1) is 0 Å². The van der Waals surface area contributed by atoms with Crippen molar-refractivity contribution >= 4 is 30.6 Å². The van der Waals surface area contributed by atoms with E-state index < -0.39 is 19.8 Å². The number of nitrogens with zero attached hydrogens (tertiary/aromatic N) is 1. The van der Waals surface area contributed by atoms with Gasteiger partial charge in [0.15, 0.2) is 0 Å². The molecule has 0 bridgehead atoms. The second-order valence-corrected chi connectivity index (χ2v) is 10.7. The minimum atomic E-state index is -0.568. The number of halogens is 1. The fourth-order valence-electron chi connectivity index (χ4n) is 2.99. The predicted molar refractivity (Wildman–Crippen MR) is 86.0 cm³/mol. The number of hydrogen-bond donors (Lipinski definition) is 0. The van der Waals surface area contributed by atoms with E-state index in [0.29, 0.717) is 0 Å². The normalized spacial score (nSPS) is 19.9. The van der Waals surface area contributed by atoms with Gasteiger partial charge in [-0.1, -0.05) is 0 Å². The van der Waals surface area contributed by atoms with Crippen molar-refractivity contribution in [1.82, 2.24) is 4.90 Å². The Kier molecular flexibility index (Phi) is 2.55. The van der Waals surface area contributed by atoms with Crippen LogP contribution >= 0.6 is 19.8 Å². The standard InChI is InChI=1S/C16H17IN/c1-18-10-14-4-2-3-13-7-12(9-17-5-6-17)8-15(11-18)16(13)14/h2-5,7-8H,6,9-11H2,1H3/q+1. The van der Waals surface area contributed by atoms with Gasteiger partial charge in [-0.3, -0.25) is 0 Å². The summed E-state index contributed by atoms with van der Waals surface area (Å²) in [4.78, 5) is 2.42. The zero-order valence-electron chi connectivity index (χ0n) is 10.6. The molecule has 2 aliphatic heterocycles. The molecular weight excluding hydrogens is 333 g/mol. The Morgan fingerprint density at radius 1 is 1.22 bits per heavy atom. The molecule has 0 atom stereocenters. The summed E-state index contributed by atoms with van der Waals surface area (Å²) in [5.41, 5.74) is 4.63. The molecule has 0 spiro atoms. The summed E-state index contributed by atoms with van der Waals surface area (Å²) >= 11 is -0.568. The van der Waals surface area contributed by atoms with Crippen LogP contribution in [0.4, 0.5) is 0 Å². The van der Waals surface area contributed by atoms with Gasteiger partial charge in [-0.2, -0.15) is 0 Å². The summed E-state index contributed by atoms with van der Waals surface area (Å²) in [6.07, 6.45) is 0. The van der Waals surface area contributed by atoms with E-state index in [9.17, 15) is 0 Å². The number of benzene rings is 2. The van der Waals surface area contributed by atoms with Crippen molar-refractivity contribution < 1.29 is 0 Å². The molecule has 0 amide bonds. The van der Waals surface area contributed by atoms with Crippen molar-refractivity contribution in [2.75, 3.05) is 11.5 Å². The molecular formula is C16H17IN+. The summed E-state index contributed by atoms with van der Waals surface area (Å²) in [6, 6.07) is 11.7. The Morgan fingerprint density at radius 3 is 2.89 bits per heavy atom. The molecule has 4 rings (SSSR count). The molecule has 1 saturated heterocycles. The van der Waals surface area contributed by atoms with Crippen LogP contribution in [0.3, 0.4) is 0 Å². The first-order valence-corrected chi connectivity index (χ1v) is 10.7. The van der Waals surface area contributed by atoms with Crippen molar-refractivity contribution in [2.24, 2.45) is 0 Å². The third kappa shape index (κ3) is 1.91. The quantitative estimate of drug-likeness (QED) is 0.450. The van der Waals surface area contributed by atoms with E-state index in [-0.39, 0.29) is 0 Å². The van der Waals surface area contributed by atoms with Crippen LogP contribution in [-0.2, 0) is 17.5 Å². The van der Waals surface area contributed by atoms with Crippen LogP contribution < -0.4 is 0 Å². The maximum atomic E-state index is 2.57. The fraction of sp³-hybridized carbons (Fsp3) is 0.312. The molecule has 2 heterocycles. The van der Waals surface area contributed by atoms with Gasteiger partial charge in [-0.05, 0) is 0 Å². The molecule has 0 aromatic heterocycles. The molecule has 2 aliphatic rings. The molecule has 0 radical (unpaired) electrons. The van der Waals surface area contributed by atoms with Crippen LogP contribution in [-0.4, -0.2) is 16.4 Å². The number of hydrogen-bond acceptors (Lipinski definition) is 1. The Hall–Kier alpha value is -0.740. The topological polar surface area (TPSA) is 3.24 Å². The number of alkyl halides is 2. The summed E-state index contributed by atoms with van der Waals surface area (Å²) < 4.78 is 5.43. The Bertz CT molecular complexity index is 616. The van der Waals surface area contributed by atoms with Crippen molar-refractivity contribution in [3.8, 4) is 0 Å². The Labute approximate surface area is 116 Å². The summed E-state index contributed by atoms with van der Waals surface area (Å²) in [5.74, 6) is 0. The second kappa shape index (κ2) is 4.14. The third-order valence-electron chi connectivity index (χ3n) is 3.78. The molecule has 2 aromatic rings. The van der Waals surface area contributed by atoms with E-state index in [1.54, 1.807) is 11.1 Å². The van der Waals surface area contributed by atoms with Crippen molar-refractivity contribution in [3.05, 3.63) is 51.4 Å². The maximum absolute atomic E-state index is 2.57. The molecule has 0 aliphatic carbocycles. The van der Waals surface area contributed by atoms with Crippen LogP contribution in [0, 0.1) is 4.43 Å². The molecule has 0 N–H and O–H groups in total. The van der Waals surface area contributed by atoms with E-state index in [2.05, 4.69) is 46.7 Å². The molecule has 2 aromatic carbocycles. The molecule has 92 valence electrons. The van der Waals surface area contributed by atoms with Gasteiger partial charge in [0, 0.05) is 0 Å². The molecule has 18 heavy (non-hydrogen) atoms. The minimum absolute atomic E-state index is 0.568. The van der Waals surface area contributed by atoms with Gasteiger partial charge >= 0.3 is 116 Å². The molecule has 1 nitrogen and oxygen atoms in total. The summed E-state index contributed by atoms with van der Waals surface area (Å²) in [6.45, 7) is 2.20. The SMILES string of the molecule is CN1Cc2cccc3cc(CI4[CH+]C4)cc(c23)C1. The van der Waals surface area contributed by atoms with E-state index in [0.717, 1.165) is 13.1 Å². The second-order valence-electron chi connectivity index (χ2n) is 5.38. The van der Waals surface area contributed by atoms with Crippen molar-refractivity contribution in [3.63, 3.8) is 0 Å². The van der Waals surface area contributed by atoms with Gasteiger partial charge in [0.2, 0.25) is 0 Å². The van der Waals surface area contributed by atoms with Gasteiger partial charge < -0.3 is 0 Å². The van der Waals surface area contributed by atoms with Crippen LogP contribution in [0.2, 0.25) is 0 Å². The molecule has 2 heteroatoms. The summed E-state index contributed by atoms with van der Waals surface area (Å²) in [5, 5.41) is 2.99.